The van der Waals surface area contributed by atoms with E-state index in [2.05, 4.69) is 18.2 Å². The Labute approximate surface area is 85.7 Å². The van der Waals surface area contributed by atoms with Crippen LogP contribution in [0.2, 0.25) is 0 Å². The van der Waals surface area contributed by atoms with Crippen LogP contribution in [0.15, 0.2) is 16.7 Å². The van der Waals surface area contributed by atoms with Gasteiger partial charge in [0.05, 0.1) is 12.3 Å². The molecule has 2 heteroatoms. The molecule has 0 aliphatic heterocycles. The van der Waals surface area contributed by atoms with Gasteiger partial charge in [-0.3, -0.25) is 0 Å². The van der Waals surface area contributed by atoms with Crippen LogP contribution < -0.4 is 5.32 Å². The Balaban J connectivity index is 2.68. The zero-order valence-electron chi connectivity index (χ0n) is 8.84. The fraction of sp³-hybridized carbons (Fsp3) is 0.500. The van der Waals surface area contributed by atoms with Gasteiger partial charge in [-0.05, 0) is 31.5 Å². The molecule has 1 rings (SSSR count). The molecule has 14 heavy (non-hydrogen) atoms. The highest BCUT2D eigenvalue weighted by Crippen LogP contribution is 2.21. The van der Waals surface area contributed by atoms with E-state index in [0.29, 0.717) is 6.42 Å². The fourth-order valence-electron chi connectivity index (χ4n) is 1.44. The quantitative estimate of drug-likeness (QED) is 0.724. The summed E-state index contributed by atoms with van der Waals surface area (Å²) in [5, 5.41) is 3.38. The molecule has 1 unspecified atom stereocenters. The molecule has 0 saturated carbocycles. The molecule has 0 aliphatic carbocycles. The van der Waals surface area contributed by atoms with Crippen molar-refractivity contribution in [2.45, 2.75) is 32.7 Å². The van der Waals surface area contributed by atoms with Crippen LogP contribution in [0, 0.1) is 19.3 Å². The zero-order chi connectivity index (χ0) is 10.4. The van der Waals surface area contributed by atoms with Gasteiger partial charge in [0.1, 0.15) is 5.76 Å². The lowest BCUT2D eigenvalue weighted by molar-refractivity contribution is 0.414. The second-order valence-corrected chi connectivity index (χ2v) is 3.38. The summed E-state index contributed by atoms with van der Waals surface area (Å²) < 4.78 is 5.42. The van der Waals surface area contributed by atoms with Crippen molar-refractivity contribution in [3.8, 4) is 12.3 Å². The first-order valence-electron chi connectivity index (χ1n) is 5.00. The van der Waals surface area contributed by atoms with Crippen LogP contribution in [-0.2, 0) is 0 Å². The first-order chi connectivity index (χ1) is 6.79. The van der Waals surface area contributed by atoms with Crippen molar-refractivity contribution in [3.05, 3.63) is 23.7 Å². The SMILES string of the molecule is C#CCC(NCCC)c1occc1C. The number of hydrogen-bond donors (Lipinski definition) is 1. The highest BCUT2D eigenvalue weighted by molar-refractivity contribution is 5.19. The summed E-state index contributed by atoms with van der Waals surface area (Å²) in [6, 6.07) is 2.13. The van der Waals surface area contributed by atoms with Gasteiger partial charge in [-0.1, -0.05) is 6.92 Å². The van der Waals surface area contributed by atoms with E-state index >= 15 is 0 Å². The van der Waals surface area contributed by atoms with Gasteiger partial charge in [-0.25, -0.2) is 0 Å². The molecule has 0 spiro atoms. The molecule has 0 radical (unpaired) electrons. The number of rotatable bonds is 5. The van der Waals surface area contributed by atoms with Crippen LogP contribution in [0.5, 0.6) is 0 Å². The molecule has 2 nitrogen and oxygen atoms in total. The minimum atomic E-state index is 0.162. The van der Waals surface area contributed by atoms with Gasteiger partial charge >= 0.3 is 0 Å². The molecule has 1 N–H and O–H groups in total. The van der Waals surface area contributed by atoms with Crippen molar-refractivity contribution in [1.82, 2.24) is 5.32 Å². The van der Waals surface area contributed by atoms with E-state index in [4.69, 9.17) is 10.8 Å². The Morgan fingerprint density at radius 3 is 2.93 bits per heavy atom. The average Bonchev–Trinajstić information content (AvgIpc) is 2.59. The Hall–Kier alpha value is -1.20. The van der Waals surface area contributed by atoms with Crippen LogP contribution in [0.4, 0.5) is 0 Å². The summed E-state index contributed by atoms with van der Waals surface area (Å²) in [4.78, 5) is 0. The van der Waals surface area contributed by atoms with Crippen molar-refractivity contribution in [2.24, 2.45) is 0 Å². The molecule has 0 aliphatic rings. The van der Waals surface area contributed by atoms with Crippen molar-refractivity contribution >= 4 is 0 Å². The molecular weight excluding hydrogens is 174 g/mol. The second kappa shape index (κ2) is 5.51. The molecule has 1 aromatic rings. The summed E-state index contributed by atoms with van der Waals surface area (Å²) in [6.07, 6.45) is 8.81. The predicted octanol–water partition coefficient (Wildman–Crippen LogP) is 2.65. The number of hydrogen-bond acceptors (Lipinski definition) is 2. The van der Waals surface area contributed by atoms with E-state index in [-0.39, 0.29) is 6.04 Å². The summed E-state index contributed by atoms with van der Waals surface area (Å²) in [5.41, 5.74) is 1.16. The smallest absolute Gasteiger partial charge is 0.124 e. The molecule has 0 aromatic carbocycles. The standard InChI is InChI=1S/C12H17NO/c1-4-6-11(13-8-5-2)12-10(3)7-9-14-12/h1,7,9,11,13H,5-6,8H2,2-3H3. The predicted molar refractivity (Wildman–Crippen MR) is 57.9 cm³/mol. The molecule has 0 saturated heterocycles. The average molecular weight is 191 g/mol. The van der Waals surface area contributed by atoms with Crippen LogP contribution in [0.1, 0.15) is 37.1 Å². The highest BCUT2D eigenvalue weighted by Gasteiger charge is 2.14. The Kier molecular flexibility index (Phi) is 4.28. The summed E-state index contributed by atoms with van der Waals surface area (Å²) in [7, 11) is 0. The molecule has 0 fully saturated rings. The first-order valence-corrected chi connectivity index (χ1v) is 5.00. The van der Waals surface area contributed by atoms with Crippen molar-refractivity contribution in [3.63, 3.8) is 0 Å². The highest BCUT2D eigenvalue weighted by atomic mass is 16.3. The lowest BCUT2D eigenvalue weighted by Gasteiger charge is -2.14. The normalized spacial score (nSPS) is 12.4. The molecule has 0 bridgehead atoms. The lowest BCUT2D eigenvalue weighted by atomic mass is 10.1. The Bertz CT molecular complexity index is 308. The van der Waals surface area contributed by atoms with Crippen molar-refractivity contribution in [1.29, 1.82) is 0 Å². The molecule has 1 aromatic heterocycles. The van der Waals surface area contributed by atoms with Crippen molar-refractivity contribution < 1.29 is 4.42 Å². The summed E-state index contributed by atoms with van der Waals surface area (Å²) in [6.45, 7) is 5.14. The topological polar surface area (TPSA) is 25.2 Å². The Morgan fingerprint density at radius 2 is 2.43 bits per heavy atom. The van der Waals surface area contributed by atoms with Gasteiger partial charge in [-0.15, -0.1) is 12.3 Å². The number of nitrogens with one attached hydrogen (secondary N) is 1. The van der Waals surface area contributed by atoms with Crippen LogP contribution in [0.25, 0.3) is 0 Å². The van der Waals surface area contributed by atoms with E-state index in [0.717, 1.165) is 24.3 Å². The van der Waals surface area contributed by atoms with E-state index in [1.807, 2.05) is 13.0 Å². The van der Waals surface area contributed by atoms with Crippen molar-refractivity contribution in [2.75, 3.05) is 6.54 Å². The number of aryl methyl sites for hydroxylation is 1. The second-order valence-electron chi connectivity index (χ2n) is 3.38. The molecule has 0 amide bonds. The van der Waals surface area contributed by atoms with E-state index in [1.54, 1.807) is 6.26 Å². The molecule has 76 valence electrons. The van der Waals surface area contributed by atoms with E-state index < -0.39 is 0 Å². The number of furan rings is 1. The van der Waals surface area contributed by atoms with E-state index in [1.165, 1.54) is 0 Å². The summed E-state index contributed by atoms with van der Waals surface area (Å²) in [5.74, 6) is 3.64. The van der Waals surface area contributed by atoms with Gasteiger partial charge in [0.2, 0.25) is 0 Å². The molecule has 1 atom stereocenters. The third-order valence-corrected chi connectivity index (χ3v) is 2.18. The largest absolute Gasteiger partial charge is 0.467 e. The minimum Gasteiger partial charge on any atom is -0.467 e. The maximum Gasteiger partial charge on any atom is 0.124 e. The van der Waals surface area contributed by atoms with Gasteiger partial charge in [-0.2, -0.15) is 0 Å². The molecular formula is C12H17NO. The van der Waals surface area contributed by atoms with Gasteiger partial charge in [0.15, 0.2) is 0 Å². The fourth-order valence-corrected chi connectivity index (χ4v) is 1.44. The lowest BCUT2D eigenvalue weighted by Crippen LogP contribution is -2.21. The third kappa shape index (κ3) is 2.65. The third-order valence-electron chi connectivity index (χ3n) is 2.18. The molecule has 1 heterocycles. The summed E-state index contributed by atoms with van der Waals surface area (Å²) >= 11 is 0. The van der Waals surface area contributed by atoms with Crippen LogP contribution >= 0.6 is 0 Å². The van der Waals surface area contributed by atoms with Gasteiger partial charge < -0.3 is 9.73 Å². The minimum absolute atomic E-state index is 0.162. The van der Waals surface area contributed by atoms with Crippen LogP contribution in [-0.4, -0.2) is 6.54 Å². The van der Waals surface area contributed by atoms with Gasteiger partial charge in [0.25, 0.3) is 0 Å². The van der Waals surface area contributed by atoms with Crippen LogP contribution in [0.3, 0.4) is 0 Å². The Morgan fingerprint density at radius 1 is 1.64 bits per heavy atom. The first kappa shape index (κ1) is 10.9. The monoisotopic (exact) mass is 191 g/mol. The zero-order valence-corrected chi connectivity index (χ0v) is 8.84. The maximum absolute atomic E-state index is 5.42. The van der Waals surface area contributed by atoms with Gasteiger partial charge in [0, 0.05) is 6.42 Å². The maximum atomic E-state index is 5.42. The number of terminal acetylenes is 1. The van der Waals surface area contributed by atoms with E-state index in [9.17, 15) is 0 Å².